The third-order valence-electron chi connectivity index (χ3n) is 3.47. The Balaban J connectivity index is 2.19. The maximum atomic E-state index is 3.68. The van der Waals surface area contributed by atoms with E-state index in [1.165, 1.54) is 39.2 Å². The first-order chi connectivity index (χ1) is 8.29. The van der Waals surface area contributed by atoms with Crippen molar-refractivity contribution >= 4 is 32.8 Å². The van der Waals surface area contributed by atoms with Gasteiger partial charge in [0.15, 0.2) is 0 Å². The first-order valence-electron chi connectivity index (χ1n) is 6.19. The van der Waals surface area contributed by atoms with Gasteiger partial charge in [-0.2, -0.15) is 0 Å². The summed E-state index contributed by atoms with van der Waals surface area (Å²) >= 11 is 3.68. The molecule has 0 fully saturated rings. The van der Waals surface area contributed by atoms with E-state index in [0.29, 0.717) is 0 Å². The second-order valence-corrected chi connectivity index (χ2v) is 5.56. The molecule has 2 aromatic carbocycles. The van der Waals surface area contributed by atoms with Gasteiger partial charge in [-0.25, -0.2) is 0 Å². The highest BCUT2D eigenvalue weighted by atomic mass is 79.9. The molecule has 17 heavy (non-hydrogen) atoms. The summed E-state index contributed by atoms with van der Waals surface area (Å²) in [6, 6.07) is 10.9. The molecule has 0 unspecified atom stereocenters. The van der Waals surface area contributed by atoms with Gasteiger partial charge in [-0.05, 0) is 40.8 Å². The quantitative estimate of drug-likeness (QED) is 0.699. The molecule has 0 spiro atoms. The van der Waals surface area contributed by atoms with Crippen molar-refractivity contribution in [3.63, 3.8) is 0 Å². The number of hydrogen-bond acceptors (Lipinski definition) is 0. The van der Waals surface area contributed by atoms with Gasteiger partial charge in [-0.1, -0.05) is 65.2 Å². The van der Waals surface area contributed by atoms with E-state index in [0.717, 1.165) is 6.42 Å². The van der Waals surface area contributed by atoms with Crippen LogP contribution in [-0.2, 0) is 6.42 Å². The molecular formula is C16H15Br. The number of allylic oxidation sites excluding steroid dienone is 1. The summed E-state index contributed by atoms with van der Waals surface area (Å²) in [4.78, 5) is 0. The van der Waals surface area contributed by atoms with E-state index in [-0.39, 0.29) is 0 Å². The van der Waals surface area contributed by atoms with Crippen LogP contribution in [0, 0.1) is 0 Å². The number of hydrogen-bond donors (Lipinski definition) is 0. The zero-order chi connectivity index (χ0) is 11.8. The van der Waals surface area contributed by atoms with E-state index in [2.05, 4.69) is 59.3 Å². The Morgan fingerprint density at radius 3 is 2.71 bits per heavy atom. The molecule has 0 radical (unpaired) electrons. The Bertz CT molecular complexity index is 608. The van der Waals surface area contributed by atoms with Crippen LogP contribution >= 0.6 is 15.9 Å². The van der Waals surface area contributed by atoms with Gasteiger partial charge in [0.2, 0.25) is 0 Å². The second-order valence-electron chi connectivity index (χ2n) is 4.70. The summed E-state index contributed by atoms with van der Waals surface area (Å²) in [5.41, 5.74) is 4.48. The minimum Gasteiger partial charge on any atom is -0.0652 e. The van der Waals surface area contributed by atoms with E-state index < -0.39 is 0 Å². The van der Waals surface area contributed by atoms with Crippen molar-refractivity contribution in [1.29, 1.82) is 0 Å². The lowest BCUT2D eigenvalue weighted by Gasteiger charge is -2.07. The first kappa shape index (κ1) is 11.0. The summed E-state index contributed by atoms with van der Waals surface area (Å²) in [5, 5.41) is 2.73. The van der Waals surface area contributed by atoms with E-state index >= 15 is 0 Å². The monoisotopic (exact) mass is 286 g/mol. The Morgan fingerprint density at radius 2 is 1.94 bits per heavy atom. The van der Waals surface area contributed by atoms with Gasteiger partial charge in [0.1, 0.15) is 0 Å². The zero-order valence-corrected chi connectivity index (χ0v) is 11.5. The molecule has 1 aliphatic carbocycles. The number of rotatable bonds is 2. The summed E-state index contributed by atoms with van der Waals surface area (Å²) in [6.07, 6.45) is 5.96. The average Bonchev–Trinajstić information content (AvgIpc) is 2.73. The average molecular weight is 287 g/mol. The van der Waals surface area contributed by atoms with Gasteiger partial charge < -0.3 is 0 Å². The predicted molar refractivity (Wildman–Crippen MR) is 78.2 cm³/mol. The second kappa shape index (κ2) is 4.30. The maximum Gasteiger partial charge on any atom is 0.0259 e. The van der Waals surface area contributed by atoms with Gasteiger partial charge >= 0.3 is 0 Å². The van der Waals surface area contributed by atoms with Crippen LogP contribution in [0.5, 0.6) is 0 Å². The van der Waals surface area contributed by atoms with Gasteiger partial charge in [0.05, 0.1) is 0 Å². The van der Waals surface area contributed by atoms with Gasteiger partial charge in [0.25, 0.3) is 0 Å². The Labute approximate surface area is 110 Å². The third kappa shape index (κ3) is 1.83. The fraction of sp³-hybridized carbons (Fsp3) is 0.250. The standard InChI is InChI=1S/C16H15Br/c1-2-5-11-8-12-10-16(17)14-7-4-3-6-13(14)15(12)9-11/h3-4,6-8,10H,2,5,9H2,1H3. The summed E-state index contributed by atoms with van der Waals surface area (Å²) in [6.45, 7) is 2.25. The smallest absolute Gasteiger partial charge is 0.0259 e. The molecule has 0 bridgehead atoms. The largest absolute Gasteiger partial charge is 0.0652 e. The predicted octanol–water partition coefficient (Wildman–Crippen LogP) is 5.34. The fourth-order valence-corrected chi connectivity index (χ4v) is 3.31. The number of benzene rings is 2. The van der Waals surface area contributed by atoms with Crippen molar-refractivity contribution in [1.82, 2.24) is 0 Å². The molecule has 0 N–H and O–H groups in total. The van der Waals surface area contributed by atoms with Gasteiger partial charge in [-0.15, -0.1) is 0 Å². The normalized spacial score (nSPS) is 13.9. The zero-order valence-electron chi connectivity index (χ0n) is 9.96. The van der Waals surface area contributed by atoms with Crippen LogP contribution in [0.25, 0.3) is 16.8 Å². The molecule has 0 saturated heterocycles. The summed E-state index contributed by atoms with van der Waals surface area (Å²) in [7, 11) is 0. The molecule has 1 heteroatoms. The molecule has 3 rings (SSSR count). The molecule has 2 aromatic rings. The van der Waals surface area contributed by atoms with Crippen molar-refractivity contribution in [2.45, 2.75) is 26.2 Å². The van der Waals surface area contributed by atoms with E-state index in [1.807, 2.05) is 0 Å². The Morgan fingerprint density at radius 1 is 1.18 bits per heavy atom. The van der Waals surface area contributed by atoms with Crippen LogP contribution in [0.3, 0.4) is 0 Å². The van der Waals surface area contributed by atoms with E-state index in [9.17, 15) is 0 Å². The molecular weight excluding hydrogens is 272 g/mol. The molecule has 0 aromatic heterocycles. The molecule has 0 heterocycles. The van der Waals surface area contributed by atoms with Gasteiger partial charge in [0, 0.05) is 4.47 Å². The van der Waals surface area contributed by atoms with Crippen LogP contribution in [0.2, 0.25) is 0 Å². The lowest BCUT2D eigenvalue weighted by Crippen LogP contribution is -1.88. The van der Waals surface area contributed by atoms with Crippen LogP contribution in [0.15, 0.2) is 40.4 Å². The van der Waals surface area contributed by atoms with Crippen LogP contribution in [0.1, 0.15) is 30.9 Å². The van der Waals surface area contributed by atoms with E-state index in [4.69, 9.17) is 0 Å². The van der Waals surface area contributed by atoms with Crippen LogP contribution < -0.4 is 0 Å². The Kier molecular flexibility index (Phi) is 2.79. The molecule has 86 valence electrons. The molecule has 0 aliphatic heterocycles. The van der Waals surface area contributed by atoms with Crippen LogP contribution in [0.4, 0.5) is 0 Å². The van der Waals surface area contributed by atoms with Crippen molar-refractivity contribution < 1.29 is 0 Å². The fourth-order valence-electron chi connectivity index (χ4n) is 2.72. The van der Waals surface area contributed by atoms with E-state index in [1.54, 1.807) is 5.57 Å². The van der Waals surface area contributed by atoms with Crippen molar-refractivity contribution in [2.24, 2.45) is 0 Å². The first-order valence-corrected chi connectivity index (χ1v) is 6.98. The van der Waals surface area contributed by atoms with Crippen molar-refractivity contribution in [3.8, 4) is 0 Å². The maximum absolute atomic E-state index is 3.68. The molecule has 0 amide bonds. The van der Waals surface area contributed by atoms with Crippen LogP contribution in [-0.4, -0.2) is 0 Å². The minimum atomic E-state index is 1.14. The Hall–Kier alpha value is -1.08. The van der Waals surface area contributed by atoms with Crippen molar-refractivity contribution in [3.05, 3.63) is 51.5 Å². The van der Waals surface area contributed by atoms with Crippen molar-refractivity contribution in [2.75, 3.05) is 0 Å². The highest BCUT2D eigenvalue weighted by Crippen LogP contribution is 2.37. The highest BCUT2D eigenvalue weighted by molar-refractivity contribution is 9.10. The lowest BCUT2D eigenvalue weighted by atomic mass is 9.99. The highest BCUT2D eigenvalue weighted by Gasteiger charge is 2.16. The molecule has 1 aliphatic rings. The number of halogens is 1. The lowest BCUT2D eigenvalue weighted by molar-refractivity contribution is 0.888. The molecule has 0 nitrogen and oxygen atoms in total. The topological polar surface area (TPSA) is 0 Å². The summed E-state index contributed by atoms with van der Waals surface area (Å²) in [5.74, 6) is 0. The minimum absolute atomic E-state index is 1.14. The molecule has 0 atom stereocenters. The van der Waals surface area contributed by atoms with Gasteiger partial charge in [-0.3, -0.25) is 0 Å². The SMILES string of the molecule is CCCC1=Cc2cc(Br)c3ccccc3c2C1. The number of fused-ring (bicyclic) bond motifs is 3. The summed E-state index contributed by atoms with van der Waals surface area (Å²) < 4.78 is 1.21. The third-order valence-corrected chi connectivity index (χ3v) is 4.13. The molecule has 0 saturated carbocycles.